The molecule has 1 atom stereocenters. The van der Waals surface area contributed by atoms with Crippen molar-refractivity contribution in [2.75, 3.05) is 6.16 Å². The molecule has 88 valence electrons. The van der Waals surface area contributed by atoms with Gasteiger partial charge < -0.3 is 14.5 Å². The summed E-state index contributed by atoms with van der Waals surface area (Å²) in [4.78, 5) is 28.6. The van der Waals surface area contributed by atoms with Gasteiger partial charge in [-0.2, -0.15) is 0 Å². The number of hydrogen-bond donors (Lipinski definition) is 2. The second-order valence-corrected chi connectivity index (χ2v) is 5.01. The van der Waals surface area contributed by atoms with Crippen LogP contribution < -0.4 is 4.74 Å². The van der Waals surface area contributed by atoms with E-state index >= 15 is 0 Å². The highest BCUT2D eigenvalue weighted by Crippen LogP contribution is 2.34. The number of carbonyl (C=O) groups excluding carboxylic acids is 1. The molecular weight excluding hydrogens is 231 g/mol. The molecule has 1 rings (SSSR count). The highest BCUT2D eigenvalue weighted by molar-refractivity contribution is 7.52. The smallest absolute Gasteiger partial charge is 0.333 e. The molecule has 0 aromatic heterocycles. The van der Waals surface area contributed by atoms with Crippen LogP contribution in [0.1, 0.15) is 6.92 Å². The SMILES string of the molecule is C[C@@H](Oc1ccccc1)C(=O)CP(=O)(O)O. The van der Waals surface area contributed by atoms with Crippen LogP contribution >= 0.6 is 7.60 Å². The van der Waals surface area contributed by atoms with E-state index in [1.807, 2.05) is 0 Å². The van der Waals surface area contributed by atoms with Gasteiger partial charge >= 0.3 is 7.60 Å². The maximum Gasteiger partial charge on any atom is 0.333 e. The first kappa shape index (κ1) is 12.9. The summed E-state index contributed by atoms with van der Waals surface area (Å²) in [5.74, 6) is -0.119. The topological polar surface area (TPSA) is 83.8 Å². The number of rotatable bonds is 5. The molecule has 0 heterocycles. The third kappa shape index (κ3) is 4.57. The van der Waals surface area contributed by atoms with Crippen molar-refractivity contribution in [3.05, 3.63) is 30.3 Å². The zero-order valence-corrected chi connectivity index (χ0v) is 9.63. The lowest BCUT2D eigenvalue weighted by atomic mass is 10.3. The molecule has 0 saturated carbocycles. The number of hydrogen-bond acceptors (Lipinski definition) is 3. The van der Waals surface area contributed by atoms with Gasteiger partial charge in [-0.25, -0.2) is 0 Å². The molecule has 1 aromatic carbocycles. The maximum absolute atomic E-state index is 11.3. The summed E-state index contributed by atoms with van der Waals surface area (Å²) in [7, 11) is -4.31. The summed E-state index contributed by atoms with van der Waals surface area (Å²) in [6, 6.07) is 8.63. The van der Waals surface area contributed by atoms with E-state index in [9.17, 15) is 9.36 Å². The van der Waals surface area contributed by atoms with Crippen LogP contribution in [0.3, 0.4) is 0 Å². The van der Waals surface area contributed by atoms with E-state index in [2.05, 4.69) is 0 Å². The fourth-order valence-corrected chi connectivity index (χ4v) is 1.76. The summed E-state index contributed by atoms with van der Waals surface area (Å²) >= 11 is 0. The molecule has 0 bridgehead atoms. The highest BCUT2D eigenvalue weighted by Gasteiger charge is 2.24. The number of ether oxygens (including phenoxy) is 1. The molecule has 5 nitrogen and oxygen atoms in total. The van der Waals surface area contributed by atoms with Gasteiger partial charge in [-0.1, -0.05) is 18.2 Å². The Balaban J connectivity index is 2.56. The molecule has 0 spiro atoms. The monoisotopic (exact) mass is 244 g/mol. The third-order valence-corrected chi connectivity index (χ3v) is 2.59. The van der Waals surface area contributed by atoms with Gasteiger partial charge in [-0.15, -0.1) is 0 Å². The van der Waals surface area contributed by atoms with Gasteiger partial charge in [0.1, 0.15) is 11.9 Å². The first-order valence-electron chi connectivity index (χ1n) is 4.67. The van der Waals surface area contributed by atoms with Gasteiger partial charge in [0, 0.05) is 0 Å². The average molecular weight is 244 g/mol. The van der Waals surface area contributed by atoms with E-state index in [1.54, 1.807) is 30.3 Å². The lowest BCUT2D eigenvalue weighted by Gasteiger charge is -2.13. The normalized spacial score (nSPS) is 13.2. The molecule has 0 saturated heterocycles. The minimum absolute atomic E-state index is 0.495. The molecule has 0 aliphatic rings. The highest BCUT2D eigenvalue weighted by atomic mass is 31.2. The molecule has 2 N–H and O–H groups in total. The van der Waals surface area contributed by atoms with Crippen molar-refractivity contribution in [3.8, 4) is 5.75 Å². The van der Waals surface area contributed by atoms with Crippen molar-refractivity contribution in [1.82, 2.24) is 0 Å². The molecule has 1 aromatic rings. The molecule has 0 amide bonds. The van der Waals surface area contributed by atoms with Crippen LogP contribution in [0.15, 0.2) is 30.3 Å². The van der Waals surface area contributed by atoms with E-state index in [0.717, 1.165) is 0 Å². The standard InChI is InChI=1S/C10H13O5P/c1-8(10(11)7-16(12,13)14)15-9-5-3-2-4-6-9/h2-6,8H,7H2,1H3,(H2,12,13,14)/t8-/m1/s1. The lowest BCUT2D eigenvalue weighted by molar-refractivity contribution is -0.122. The Kier molecular flexibility index (Phi) is 4.24. The number of carbonyl (C=O) groups is 1. The van der Waals surface area contributed by atoms with Crippen molar-refractivity contribution < 1.29 is 23.9 Å². The Bertz CT molecular complexity index is 397. The Hall–Kier alpha value is -1.16. The second-order valence-electron chi connectivity index (χ2n) is 3.36. The van der Waals surface area contributed by atoms with Gasteiger partial charge in [0.15, 0.2) is 11.9 Å². The quantitative estimate of drug-likeness (QED) is 0.760. The van der Waals surface area contributed by atoms with Crippen molar-refractivity contribution in [3.63, 3.8) is 0 Å². The summed E-state index contributed by atoms with van der Waals surface area (Å²) in [6.07, 6.45) is -1.66. The van der Waals surface area contributed by atoms with Crippen molar-refractivity contribution >= 4 is 13.4 Å². The van der Waals surface area contributed by atoms with Gasteiger partial charge in [-0.3, -0.25) is 9.36 Å². The van der Waals surface area contributed by atoms with Gasteiger partial charge in [0.2, 0.25) is 0 Å². The summed E-state index contributed by atoms with van der Waals surface area (Å²) in [6.45, 7) is 1.46. The molecule has 16 heavy (non-hydrogen) atoms. The maximum atomic E-state index is 11.3. The summed E-state index contributed by atoms with van der Waals surface area (Å²) in [5, 5.41) is 0. The van der Waals surface area contributed by atoms with E-state index in [1.165, 1.54) is 6.92 Å². The number of ketones is 1. The fraction of sp³-hybridized carbons (Fsp3) is 0.300. The number of benzene rings is 1. The Morgan fingerprint density at radius 1 is 1.38 bits per heavy atom. The zero-order chi connectivity index (χ0) is 12.2. The van der Waals surface area contributed by atoms with Crippen molar-refractivity contribution in [2.45, 2.75) is 13.0 Å². The molecule has 0 aliphatic carbocycles. The number of Topliss-reactive ketones (excluding diaryl/α,β-unsaturated/α-hetero) is 1. The molecular formula is C10H13O5P. The molecule has 0 fully saturated rings. The van der Waals surface area contributed by atoms with Gasteiger partial charge in [0.25, 0.3) is 0 Å². The Morgan fingerprint density at radius 3 is 2.44 bits per heavy atom. The van der Waals surface area contributed by atoms with Crippen molar-refractivity contribution in [2.24, 2.45) is 0 Å². The molecule has 0 aliphatic heterocycles. The number of para-hydroxylation sites is 1. The van der Waals surface area contributed by atoms with E-state index in [0.29, 0.717) is 5.75 Å². The molecule has 0 radical (unpaired) electrons. The summed E-state index contributed by atoms with van der Waals surface area (Å²) < 4.78 is 15.8. The minimum atomic E-state index is -4.31. The minimum Gasteiger partial charge on any atom is -0.483 e. The first-order chi connectivity index (χ1) is 7.38. The molecule has 0 unspecified atom stereocenters. The predicted molar refractivity (Wildman–Crippen MR) is 58.5 cm³/mol. The Morgan fingerprint density at radius 2 is 1.94 bits per heavy atom. The largest absolute Gasteiger partial charge is 0.483 e. The van der Waals surface area contributed by atoms with E-state index in [-0.39, 0.29) is 0 Å². The van der Waals surface area contributed by atoms with Crippen molar-refractivity contribution in [1.29, 1.82) is 0 Å². The second kappa shape index (κ2) is 5.25. The van der Waals surface area contributed by atoms with Crippen LogP contribution in [0.5, 0.6) is 5.75 Å². The van der Waals surface area contributed by atoms with Crippen LogP contribution in [-0.4, -0.2) is 27.8 Å². The van der Waals surface area contributed by atoms with E-state index in [4.69, 9.17) is 14.5 Å². The van der Waals surface area contributed by atoms with Gasteiger partial charge in [0.05, 0.1) is 0 Å². The third-order valence-electron chi connectivity index (χ3n) is 1.87. The summed E-state index contributed by atoms with van der Waals surface area (Å²) in [5.41, 5.74) is 0. The first-order valence-corrected chi connectivity index (χ1v) is 6.47. The van der Waals surface area contributed by atoms with Crippen LogP contribution in [0.2, 0.25) is 0 Å². The van der Waals surface area contributed by atoms with Crippen LogP contribution in [0.25, 0.3) is 0 Å². The fourth-order valence-electron chi connectivity index (χ4n) is 1.10. The van der Waals surface area contributed by atoms with Crippen LogP contribution in [-0.2, 0) is 9.36 Å². The van der Waals surface area contributed by atoms with Gasteiger partial charge in [-0.05, 0) is 19.1 Å². The van der Waals surface area contributed by atoms with Crippen LogP contribution in [0.4, 0.5) is 0 Å². The molecule has 6 heteroatoms. The average Bonchev–Trinajstić information content (AvgIpc) is 2.16. The Labute approximate surface area is 93.2 Å². The predicted octanol–water partition coefficient (Wildman–Crippen LogP) is 1.20. The zero-order valence-electron chi connectivity index (χ0n) is 8.74. The lowest BCUT2D eigenvalue weighted by Crippen LogP contribution is -2.26. The van der Waals surface area contributed by atoms with E-state index < -0.39 is 25.6 Å². The van der Waals surface area contributed by atoms with Crippen LogP contribution in [0, 0.1) is 0 Å².